The molecule has 36 heavy (non-hydrogen) atoms. The van der Waals surface area contributed by atoms with Crippen LogP contribution in [-0.4, -0.2) is 124 Å². The fraction of sp³-hybridized carbons (Fsp3) is 0.727. The third-order valence-corrected chi connectivity index (χ3v) is 4.34. The number of hydrogen-bond acceptors (Lipinski definition) is 12. The highest BCUT2D eigenvalue weighted by molar-refractivity contribution is 5.87. The maximum absolute atomic E-state index is 13.0. The monoisotopic (exact) mass is 518 g/mol. The van der Waals surface area contributed by atoms with Crippen molar-refractivity contribution >= 4 is 35.7 Å². The molecule has 0 aliphatic carbocycles. The van der Waals surface area contributed by atoms with Crippen LogP contribution in [0.2, 0.25) is 0 Å². The Hall–Kier alpha value is -3.26. The molecule has 2 amide bonds. The molecule has 206 valence electrons. The van der Waals surface area contributed by atoms with Gasteiger partial charge in [0.1, 0.15) is 0 Å². The quantitative estimate of drug-likeness (QED) is 0.182. The number of hydrogen-bond donors (Lipinski definition) is 2. The molecule has 14 heteroatoms. The van der Waals surface area contributed by atoms with E-state index in [4.69, 9.17) is 18.9 Å². The van der Waals surface area contributed by atoms with Crippen molar-refractivity contribution in [1.82, 2.24) is 20.4 Å². The summed E-state index contributed by atoms with van der Waals surface area (Å²) in [5.41, 5.74) is 0. The molecule has 0 heterocycles. The van der Waals surface area contributed by atoms with Gasteiger partial charge in [-0.2, -0.15) is 0 Å². The molecule has 0 bridgehead atoms. The van der Waals surface area contributed by atoms with E-state index in [1.54, 1.807) is 38.0 Å². The zero-order valence-electron chi connectivity index (χ0n) is 22.1. The Balaban J connectivity index is 6.44. The van der Waals surface area contributed by atoms with Crippen molar-refractivity contribution in [2.75, 3.05) is 54.4 Å². The molecule has 2 N–H and O–H groups in total. The lowest BCUT2D eigenvalue weighted by atomic mass is 10.00. The number of nitrogens with zero attached hydrogens (tertiary/aromatic N) is 2. The summed E-state index contributed by atoms with van der Waals surface area (Å²) in [6.45, 7) is 5.16. The number of rotatable bonds is 15. The first kappa shape index (κ1) is 32.7. The van der Waals surface area contributed by atoms with E-state index in [-0.39, 0.29) is 13.1 Å². The van der Waals surface area contributed by atoms with Crippen molar-refractivity contribution in [1.29, 1.82) is 0 Å². The van der Waals surface area contributed by atoms with E-state index in [9.17, 15) is 28.8 Å². The van der Waals surface area contributed by atoms with Crippen molar-refractivity contribution < 1.29 is 47.7 Å². The number of nitrogens with one attached hydrogen (secondary N) is 2. The molecule has 0 fully saturated rings. The van der Waals surface area contributed by atoms with Crippen molar-refractivity contribution in [3.05, 3.63) is 0 Å². The van der Waals surface area contributed by atoms with Gasteiger partial charge in [0.15, 0.2) is 12.2 Å². The zero-order valence-corrected chi connectivity index (χ0v) is 22.1. The van der Waals surface area contributed by atoms with E-state index >= 15 is 0 Å². The number of likely N-dealkylation sites (N-methyl/N-ethyl adjacent to an activating group) is 2. The van der Waals surface area contributed by atoms with E-state index in [1.165, 1.54) is 0 Å². The van der Waals surface area contributed by atoms with Gasteiger partial charge in [0.2, 0.25) is 12.2 Å². The molecule has 14 nitrogen and oxygen atoms in total. The van der Waals surface area contributed by atoms with Gasteiger partial charge in [-0.3, -0.25) is 28.8 Å². The largest absolute Gasteiger partial charge is 0.454 e. The molecule has 4 atom stereocenters. The Labute approximate surface area is 210 Å². The highest BCUT2D eigenvalue weighted by Gasteiger charge is 2.48. The van der Waals surface area contributed by atoms with Gasteiger partial charge in [-0.05, 0) is 28.2 Å². The minimum Gasteiger partial charge on any atom is -0.454 e. The maximum atomic E-state index is 13.0. The summed E-state index contributed by atoms with van der Waals surface area (Å²) in [6.07, 6.45) is -7.35. The summed E-state index contributed by atoms with van der Waals surface area (Å²) in [4.78, 5) is 77.1. The molecule has 0 rings (SSSR count). The van der Waals surface area contributed by atoms with E-state index in [2.05, 4.69) is 10.6 Å². The molecular weight excluding hydrogens is 480 g/mol. The van der Waals surface area contributed by atoms with E-state index in [1.807, 2.05) is 0 Å². The number of esters is 4. The van der Waals surface area contributed by atoms with Crippen molar-refractivity contribution in [2.45, 2.75) is 52.1 Å². The van der Waals surface area contributed by atoms with Gasteiger partial charge in [0.05, 0.1) is 0 Å². The van der Waals surface area contributed by atoms with Crippen LogP contribution in [0.1, 0.15) is 27.7 Å². The van der Waals surface area contributed by atoms with Gasteiger partial charge in [0, 0.05) is 53.9 Å². The van der Waals surface area contributed by atoms with Crippen LogP contribution in [0.5, 0.6) is 0 Å². The van der Waals surface area contributed by atoms with Gasteiger partial charge in [-0.1, -0.05) is 0 Å². The van der Waals surface area contributed by atoms with E-state index in [0.717, 1.165) is 27.7 Å². The second-order valence-electron chi connectivity index (χ2n) is 8.40. The standard InChI is InChI=1S/C22H38N4O10/c1-13(27)33-17(19(35-15(3)29)21(31)23-9-11-25(5)6)18(34-14(2)28)20(36-16(4)30)22(32)24-10-12-26(7)8/h17-20H,9-12H2,1-8H3,(H,23,31)(H,24,32). The molecule has 0 aliphatic rings. The van der Waals surface area contributed by atoms with Crippen LogP contribution in [0, 0.1) is 0 Å². The number of carbonyl (C=O) groups is 6. The van der Waals surface area contributed by atoms with Crippen LogP contribution in [0.15, 0.2) is 0 Å². The highest BCUT2D eigenvalue weighted by Crippen LogP contribution is 2.20. The van der Waals surface area contributed by atoms with Gasteiger partial charge in [0.25, 0.3) is 11.8 Å². The van der Waals surface area contributed by atoms with Gasteiger partial charge >= 0.3 is 23.9 Å². The van der Waals surface area contributed by atoms with E-state index in [0.29, 0.717) is 13.1 Å². The van der Waals surface area contributed by atoms with Crippen molar-refractivity contribution in [2.24, 2.45) is 0 Å². The highest BCUT2D eigenvalue weighted by atomic mass is 16.6. The second kappa shape index (κ2) is 16.4. The van der Waals surface area contributed by atoms with Crippen LogP contribution < -0.4 is 10.6 Å². The van der Waals surface area contributed by atoms with Crippen LogP contribution in [0.3, 0.4) is 0 Å². The molecule has 0 aromatic rings. The average molecular weight is 519 g/mol. The lowest BCUT2D eigenvalue weighted by Gasteiger charge is -2.34. The van der Waals surface area contributed by atoms with E-state index < -0.39 is 60.1 Å². The molecule has 0 aromatic heterocycles. The summed E-state index contributed by atoms with van der Waals surface area (Å²) in [5.74, 6) is -5.48. The molecule has 0 radical (unpaired) electrons. The van der Waals surface area contributed by atoms with Crippen LogP contribution in [-0.2, 0) is 47.7 Å². The van der Waals surface area contributed by atoms with Gasteiger partial charge in [-0.25, -0.2) is 0 Å². The predicted molar refractivity (Wildman–Crippen MR) is 125 cm³/mol. The lowest BCUT2D eigenvalue weighted by molar-refractivity contribution is -0.200. The fourth-order valence-electron chi connectivity index (χ4n) is 2.89. The van der Waals surface area contributed by atoms with Crippen LogP contribution in [0.4, 0.5) is 0 Å². The number of ether oxygens (including phenoxy) is 4. The Morgan fingerprint density at radius 1 is 0.556 bits per heavy atom. The Kier molecular flexibility index (Phi) is 14.9. The Morgan fingerprint density at radius 3 is 1.06 bits per heavy atom. The zero-order chi connectivity index (χ0) is 28.0. The predicted octanol–water partition coefficient (Wildman–Crippen LogP) is -1.93. The summed E-state index contributed by atoms with van der Waals surface area (Å²) >= 11 is 0. The first-order valence-corrected chi connectivity index (χ1v) is 11.2. The molecule has 0 saturated carbocycles. The smallest absolute Gasteiger partial charge is 0.303 e. The minimum absolute atomic E-state index is 0.132. The molecule has 0 spiro atoms. The first-order valence-electron chi connectivity index (χ1n) is 11.2. The van der Waals surface area contributed by atoms with Crippen LogP contribution >= 0.6 is 0 Å². The SMILES string of the molecule is CC(=O)OC(C(=O)NCCN(C)C)C(OC(C)=O)C(OC(C)=O)C(OC(C)=O)C(=O)NCCN(C)C. The van der Waals surface area contributed by atoms with Crippen molar-refractivity contribution in [3.63, 3.8) is 0 Å². The van der Waals surface area contributed by atoms with Crippen molar-refractivity contribution in [3.8, 4) is 0 Å². The van der Waals surface area contributed by atoms with Gasteiger partial charge in [-0.15, -0.1) is 0 Å². The topological polar surface area (TPSA) is 170 Å². The second-order valence-corrected chi connectivity index (χ2v) is 8.40. The maximum Gasteiger partial charge on any atom is 0.303 e. The Bertz CT molecular complexity index is 723. The fourth-order valence-corrected chi connectivity index (χ4v) is 2.89. The van der Waals surface area contributed by atoms with Crippen LogP contribution in [0.25, 0.3) is 0 Å². The molecular formula is C22H38N4O10. The number of amides is 2. The normalized spacial score (nSPS) is 14.2. The van der Waals surface area contributed by atoms with Gasteiger partial charge < -0.3 is 39.4 Å². The number of carbonyl (C=O) groups excluding carboxylic acids is 6. The molecule has 0 aromatic carbocycles. The summed E-state index contributed by atoms with van der Waals surface area (Å²) in [5, 5.41) is 5.07. The summed E-state index contributed by atoms with van der Waals surface area (Å²) in [6, 6.07) is 0. The summed E-state index contributed by atoms with van der Waals surface area (Å²) in [7, 11) is 7.08. The molecule has 4 unspecified atom stereocenters. The molecule has 0 saturated heterocycles. The third-order valence-electron chi connectivity index (χ3n) is 4.34. The lowest BCUT2D eigenvalue weighted by Crippen LogP contribution is -2.59. The average Bonchev–Trinajstić information content (AvgIpc) is 2.71. The third kappa shape index (κ3) is 13.6. The minimum atomic E-state index is -1.84. The first-order chi connectivity index (χ1) is 16.6. The summed E-state index contributed by atoms with van der Waals surface area (Å²) < 4.78 is 20.7. The molecule has 0 aliphatic heterocycles. The Morgan fingerprint density at radius 2 is 0.833 bits per heavy atom.